The highest BCUT2D eigenvalue weighted by Gasteiger charge is 2.20. The number of hydrogen-bond acceptors (Lipinski definition) is 3. The first-order chi connectivity index (χ1) is 8.74. The van der Waals surface area contributed by atoms with Gasteiger partial charge in [0, 0.05) is 12.1 Å². The molecule has 0 heterocycles. The topological polar surface area (TPSA) is 58.2 Å². The summed E-state index contributed by atoms with van der Waals surface area (Å²) in [7, 11) is -3.47. The maximum Gasteiger partial charge on any atom is 0.242 e. The van der Waals surface area contributed by atoms with Crippen LogP contribution in [0.15, 0.2) is 29.2 Å². The zero-order chi connectivity index (χ0) is 14.6. The van der Waals surface area contributed by atoms with Gasteiger partial charge in [0.15, 0.2) is 0 Å². The van der Waals surface area contributed by atoms with Crippen molar-refractivity contribution in [3.05, 3.63) is 24.3 Å². The molecule has 0 fully saturated rings. The molecular formula is C14H24N2O2S. The van der Waals surface area contributed by atoms with Crippen LogP contribution in [0.1, 0.15) is 34.6 Å². The van der Waals surface area contributed by atoms with Gasteiger partial charge < -0.3 is 5.32 Å². The second kappa shape index (κ2) is 6.39. The Hall–Kier alpha value is -1.07. The van der Waals surface area contributed by atoms with Crippen molar-refractivity contribution in [1.29, 1.82) is 0 Å². The van der Waals surface area contributed by atoms with Gasteiger partial charge in [-0.15, -0.1) is 0 Å². The summed E-state index contributed by atoms with van der Waals surface area (Å²) in [4.78, 5) is 0.302. The minimum atomic E-state index is -3.47. The number of anilines is 1. The third-order valence-electron chi connectivity index (χ3n) is 2.95. The first kappa shape index (κ1) is 16.0. The third-order valence-corrected chi connectivity index (χ3v) is 4.67. The fourth-order valence-electron chi connectivity index (χ4n) is 1.61. The van der Waals surface area contributed by atoms with Crippen molar-refractivity contribution in [3.63, 3.8) is 0 Å². The Kier molecular flexibility index (Phi) is 5.38. The minimum absolute atomic E-state index is 0.124. The molecule has 1 rings (SSSR count). The van der Waals surface area contributed by atoms with Gasteiger partial charge in [-0.2, -0.15) is 0 Å². The molecule has 1 aromatic carbocycles. The van der Waals surface area contributed by atoms with Crippen LogP contribution >= 0.6 is 0 Å². The Morgan fingerprint density at radius 3 is 2.11 bits per heavy atom. The summed E-state index contributed by atoms with van der Waals surface area (Å²) in [6, 6.07) is 7.08. The fourth-order valence-corrected chi connectivity index (χ4v) is 3.03. The van der Waals surface area contributed by atoms with Crippen molar-refractivity contribution in [3.8, 4) is 0 Å². The molecule has 4 nitrogen and oxygen atoms in total. The molecule has 19 heavy (non-hydrogen) atoms. The molecule has 0 bridgehead atoms. The van der Waals surface area contributed by atoms with Crippen molar-refractivity contribution in [1.82, 2.24) is 4.72 Å². The van der Waals surface area contributed by atoms with Crippen LogP contribution in [0.25, 0.3) is 0 Å². The van der Waals surface area contributed by atoms with Gasteiger partial charge in [0.2, 0.25) is 10.0 Å². The quantitative estimate of drug-likeness (QED) is 0.844. The Labute approximate surface area is 116 Å². The first-order valence-electron chi connectivity index (χ1n) is 6.62. The molecule has 0 aliphatic carbocycles. The summed E-state index contributed by atoms with van der Waals surface area (Å²) in [5, 5.41) is 3.27. The van der Waals surface area contributed by atoms with Gasteiger partial charge in [0.1, 0.15) is 4.90 Å². The lowest BCUT2D eigenvalue weighted by Gasteiger charge is -2.21. The molecule has 1 aromatic rings. The van der Waals surface area contributed by atoms with Gasteiger partial charge in [0.05, 0.1) is 5.69 Å². The minimum Gasteiger partial charge on any atom is -0.381 e. The Balaban J connectivity index is 3.09. The maximum atomic E-state index is 12.3. The van der Waals surface area contributed by atoms with Gasteiger partial charge in [-0.1, -0.05) is 26.0 Å². The van der Waals surface area contributed by atoms with Crippen LogP contribution in [0.5, 0.6) is 0 Å². The molecule has 0 amide bonds. The second-order valence-corrected chi connectivity index (χ2v) is 7.13. The van der Waals surface area contributed by atoms with E-state index in [1.54, 1.807) is 18.2 Å². The molecule has 1 atom stereocenters. The smallest absolute Gasteiger partial charge is 0.242 e. The maximum absolute atomic E-state index is 12.3. The Bertz CT molecular complexity index is 510. The van der Waals surface area contributed by atoms with E-state index >= 15 is 0 Å². The number of hydrogen-bond donors (Lipinski definition) is 2. The van der Waals surface area contributed by atoms with Crippen molar-refractivity contribution in [2.24, 2.45) is 5.92 Å². The fraction of sp³-hybridized carbons (Fsp3) is 0.571. The molecule has 0 saturated heterocycles. The number of benzene rings is 1. The number of rotatable bonds is 6. The van der Waals surface area contributed by atoms with Crippen LogP contribution < -0.4 is 10.0 Å². The summed E-state index contributed by atoms with van der Waals surface area (Å²) in [5.74, 6) is 0.425. The zero-order valence-electron chi connectivity index (χ0n) is 12.3. The van der Waals surface area contributed by atoms with E-state index in [0.29, 0.717) is 16.5 Å². The molecule has 108 valence electrons. The highest BCUT2D eigenvalue weighted by Crippen LogP contribution is 2.22. The highest BCUT2D eigenvalue weighted by molar-refractivity contribution is 7.89. The summed E-state index contributed by atoms with van der Waals surface area (Å²) >= 11 is 0. The van der Waals surface area contributed by atoms with Crippen LogP contribution in [0.2, 0.25) is 0 Å². The van der Waals surface area contributed by atoms with Crippen LogP contribution in [-0.2, 0) is 10.0 Å². The molecule has 5 heteroatoms. The lowest BCUT2D eigenvalue weighted by Crippen LogP contribution is -2.31. The molecule has 0 aromatic heterocycles. The van der Waals surface area contributed by atoms with E-state index in [1.165, 1.54) is 0 Å². The van der Waals surface area contributed by atoms with E-state index in [0.717, 1.165) is 0 Å². The third kappa shape index (κ3) is 4.51. The monoisotopic (exact) mass is 284 g/mol. The highest BCUT2D eigenvalue weighted by atomic mass is 32.2. The average molecular weight is 284 g/mol. The van der Waals surface area contributed by atoms with Gasteiger partial charge in [-0.25, -0.2) is 13.1 Å². The van der Waals surface area contributed by atoms with E-state index in [4.69, 9.17) is 0 Å². The molecule has 0 saturated carbocycles. The second-order valence-electron chi connectivity index (χ2n) is 5.45. The Morgan fingerprint density at radius 1 is 1.00 bits per heavy atom. The van der Waals surface area contributed by atoms with Crippen LogP contribution in [0, 0.1) is 5.92 Å². The van der Waals surface area contributed by atoms with E-state index in [9.17, 15) is 8.42 Å². The summed E-state index contributed by atoms with van der Waals surface area (Å²) in [5.41, 5.74) is 0.650. The molecule has 1 unspecified atom stereocenters. The van der Waals surface area contributed by atoms with Crippen molar-refractivity contribution in [2.45, 2.75) is 51.6 Å². The van der Waals surface area contributed by atoms with E-state index in [2.05, 4.69) is 23.9 Å². The van der Waals surface area contributed by atoms with E-state index < -0.39 is 10.0 Å². The van der Waals surface area contributed by atoms with Crippen molar-refractivity contribution in [2.75, 3.05) is 5.32 Å². The largest absolute Gasteiger partial charge is 0.381 e. The summed E-state index contributed by atoms with van der Waals surface area (Å²) < 4.78 is 27.1. The number of sulfonamides is 1. The van der Waals surface area contributed by atoms with Gasteiger partial charge in [-0.05, 0) is 38.8 Å². The molecular weight excluding hydrogens is 260 g/mol. The van der Waals surface area contributed by atoms with E-state index in [-0.39, 0.29) is 12.1 Å². The normalized spacial score (nSPS) is 13.8. The first-order valence-corrected chi connectivity index (χ1v) is 8.10. The average Bonchev–Trinajstić information content (AvgIpc) is 2.27. The molecule has 0 aliphatic rings. The van der Waals surface area contributed by atoms with E-state index in [1.807, 2.05) is 26.8 Å². The van der Waals surface area contributed by atoms with Crippen molar-refractivity contribution >= 4 is 15.7 Å². The van der Waals surface area contributed by atoms with Gasteiger partial charge >= 0.3 is 0 Å². The summed E-state index contributed by atoms with van der Waals surface area (Å²) in [6.45, 7) is 9.86. The number of nitrogens with one attached hydrogen (secondary N) is 2. The lowest BCUT2D eigenvalue weighted by molar-refractivity contribution is 0.555. The molecule has 0 aliphatic heterocycles. The van der Waals surface area contributed by atoms with Crippen LogP contribution in [0.4, 0.5) is 5.69 Å². The van der Waals surface area contributed by atoms with Crippen LogP contribution in [0.3, 0.4) is 0 Å². The van der Waals surface area contributed by atoms with Crippen LogP contribution in [-0.4, -0.2) is 20.5 Å². The van der Waals surface area contributed by atoms with Crippen molar-refractivity contribution < 1.29 is 8.42 Å². The van der Waals surface area contributed by atoms with Gasteiger partial charge in [0.25, 0.3) is 0 Å². The summed E-state index contributed by atoms with van der Waals surface area (Å²) in [6.07, 6.45) is 0. The predicted molar refractivity (Wildman–Crippen MR) is 79.8 cm³/mol. The van der Waals surface area contributed by atoms with Gasteiger partial charge in [-0.3, -0.25) is 0 Å². The zero-order valence-corrected chi connectivity index (χ0v) is 13.1. The lowest BCUT2D eigenvalue weighted by atomic mass is 10.1. The number of para-hydroxylation sites is 1. The molecule has 0 radical (unpaired) electrons. The predicted octanol–water partition coefficient (Wildman–Crippen LogP) is 2.83. The standard InChI is InChI=1S/C14H24N2O2S/c1-10(2)12(5)15-13-8-6-7-9-14(13)19(17,18)16-11(3)4/h6-12,15-16H,1-5H3. The SMILES string of the molecule is CC(C)NS(=O)(=O)c1ccccc1NC(C)C(C)C. The molecule has 0 spiro atoms. The molecule has 2 N–H and O–H groups in total. The Morgan fingerprint density at radius 2 is 1.58 bits per heavy atom.